The second-order valence-corrected chi connectivity index (χ2v) is 12.2. The number of aryl methyl sites for hydroxylation is 2. The van der Waals surface area contributed by atoms with Crippen molar-refractivity contribution in [3.05, 3.63) is 64.0 Å². The molecule has 0 spiro atoms. The third-order valence-electron chi connectivity index (χ3n) is 8.42. The minimum atomic E-state index is -0.661. The van der Waals surface area contributed by atoms with Gasteiger partial charge in [-0.05, 0) is 73.9 Å². The first-order valence-electron chi connectivity index (χ1n) is 14.2. The maximum Gasteiger partial charge on any atom is 0.307 e. The third kappa shape index (κ3) is 6.15. The zero-order valence-corrected chi connectivity index (χ0v) is 24.9. The van der Waals surface area contributed by atoms with Crippen LogP contribution in [0, 0.1) is 31.6 Å². The van der Waals surface area contributed by atoms with Gasteiger partial charge in [0.2, 0.25) is 0 Å². The number of hydrogen-bond acceptors (Lipinski definition) is 7. The normalized spacial score (nSPS) is 19.7. The number of aromatic nitrogens is 1. The Morgan fingerprint density at radius 2 is 1.83 bits per heavy atom. The number of amides is 1. The molecule has 41 heavy (non-hydrogen) atoms. The molecule has 1 aliphatic carbocycles. The minimum absolute atomic E-state index is 0.0265. The van der Waals surface area contributed by atoms with E-state index in [0.29, 0.717) is 18.6 Å². The highest BCUT2D eigenvalue weighted by Crippen LogP contribution is 2.44. The number of likely N-dealkylation sites (N-methyl/N-ethyl adjacent to an activating group) is 1. The van der Waals surface area contributed by atoms with Gasteiger partial charge in [-0.1, -0.05) is 24.6 Å². The first-order chi connectivity index (χ1) is 19.6. The highest BCUT2D eigenvalue weighted by Gasteiger charge is 2.46. The number of rotatable bonds is 10. The number of Topliss-reactive ketones (excluding diaryl/α,β-unsaturated/α-hetero) is 1. The molecular weight excluding hydrogens is 538 g/mol. The molecule has 5 rings (SSSR count). The number of ether oxygens (including phenoxy) is 1. The molecule has 8 nitrogen and oxygen atoms in total. The maximum atomic E-state index is 12.8. The largest absolute Gasteiger partial charge is 0.488 e. The molecule has 1 aromatic heterocycles. The zero-order chi connectivity index (χ0) is 29.3. The van der Waals surface area contributed by atoms with Gasteiger partial charge in [0, 0.05) is 43.1 Å². The van der Waals surface area contributed by atoms with Gasteiger partial charge in [-0.25, -0.2) is 4.98 Å². The quantitative estimate of drug-likeness (QED) is 0.336. The highest BCUT2D eigenvalue weighted by atomic mass is 32.1. The number of benzene rings is 2. The van der Waals surface area contributed by atoms with Crippen molar-refractivity contribution in [2.45, 2.75) is 46.6 Å². The second-order valence-electron chi connectivity index (χ2n) is 11.4. The third-order valence-corrected chi connectivity index (χ3v) is 9.32. The number of nitrogens with zero attached hydrogens (tertiary/aromatic N) is 3. The van der Waals surface area contributed by atoms with Gasteiger partial charge in [0.25, 0.3) is 5.91 Å². The maximum absolute atomic E-state index is 12.8. The highest BCUT2D eigenvalue weighted by molar-refractivity contribution is 7.14. The summed E-state index contributed by atoms with van der Waals surface area (Å²) in [5.41, 5.74) is 5.32. The van der Waals surface area contributed by atoms with Gasteiger partial charge in [-0.2, -0.15) is 0 Å². The Balaban J connectivity index is 1.29. The monoisotopic (exact) mass is 575 g/mol. The van der Waals surface area contributed by atoms with E-state index in [-0.39, 0.29) is 36.0 Å². The van der Waals surface area contributed by atoms with Crippen LogP contribution >= 0.6 is 11.3 Å². The SMILES string of the molecule is CCC(=O)CN(C)C(=O)c1ccc(COc2ccc(C)cc2-c2csc(N3C[C@H]4CC[C@@H](C3)C4C(=O)O)n2)c(C)c1. The lowest BCUT2D eigenvalue weighted by Crippen LogP contribution is -2.44. The predicted octanol–water partition coefficient (Wildman–Crippen LogP) is 5.60. The van der Waals surface area contributed by atoms with Crippen molar-refractivity contribution >= 4 is 34.1 Å². The van der Waals surface area contributed by atoms with Crippen LogP contribution in [-0.4, -0.2) is 59.3 Å². The molecule has 2 aliphatic rings. The van der Waals surface area contributed by atoms with E-state index in [9.17, 15) is 19.5 Å². The van der Waals surface area contributed by atoms with Crippen LogP contribution < -0.4 is 9.64 Å². The van der Waals surface area contributed by atoms with Crippen molar-refractivity contribution in [3.8, 4) is 17.0 Å². The van der Waals surface area contributed by atoms with Crippen molar-refractivity contribution in [3.63, 3.8) is 0 Å². The Bertz CT molecular complexity index is 1450. The van der Waals surface area contributed by atoms with E-state index < -0.39 is 5.97 Å². The summed E-state index contributed by atoms with van der Waals surface area (Å²) in [6, 6.07) is 11.6. The average molecular weight is 576 g/mol. The van der Waals surface area contributed by atoms with Crippen molar-refractivity contribution in [2.75, 3.05) is 31.6 Å². The van der Waals surface area contributed by atoms with Gasteiger partial charge in [-0.3, -0.25) is 14.4 Å². The number of carbonyl (C=O) groups is 3. The molecule has 1 aliphatic heterocycles. The molecule has 2 fully saturated rings. The Morgan fingerprint density at radius 1 is 1.10 bits per heavy atom. The van der Waals surface area contributed by atoms with Crippen molar-refractivity contribution in [1.29, 1.82) is 0 Å². The fourth-order valence-electron chi connectivity index (χ4n) is 6.10. The van der Waals surface area contributed by atoms with Crippen LogP contribution in [0.25, 0.3) is 11.3 Å². The zero-order valence-electron chi connectivity index (χ0n) is 24.1. The first-order valence-corrected chi connectivity index (χ1v) is 15.1. The standard InChI is InChI=1S/C32H37N3O5S/c1-5-25(36)16-34(4)30(37)21-7-10-24(20(3)13-21)17-40-28-11-6-19(2)12-26(28)27-18-41-32(33-27)35-14-22-8-9-23(15-35)29(22)31(38)39/h6-7,10-13,18,22-23,29H,5,8-9,14-17H2,1-4H3,(H,38,39)/t22-,23+,29?. The minimum Gasteiger partial charge on any atom is -0.488 e. The second kappa shape index (κ2) is 12.0. The van der Waals surface area contributed by atoms with Crippen LogP contribution in [0.2, 0.25) is 0 Å². The summed E-state index contributed by atoms with van der Waals surface area (Å²) < 4.78 is 6.31. The molecule has 216 valence electrons. The summed E-state index contributed by atoms with van der Waals surface area (Å²) in [6.45, 7) is 7.71. The summed E-state index contributed by atoms with van der Waals surface area (Å²) in [5, 5.41) is 12.6. The van der Waals surface area contributed by atoms with E-state index in [0.717, 1.165) is 64.8 Å². The molecule has 9 heteroatoms. The molecule has 1 amide bonds. The van der Waals surface area contributed by atoms with E-state index in [1.54, 1.807) is 31.4 Å². The fourth-order valence-corrected chi connectivity index (χ4v) is 6.95. The Morgan fingerprint density at radius 3 is 2.49 bits per heavy atom. The topological polar surface area (TPSA) is 100 Å². The van der Waals surface area contributed by atoms with E-state index in [4.69, 9.17) is 9.72 Å². The molecule has 3 aromatic rings. The van der Waals surface area contributed by atoms with Gasteiger partial charge >= 0.3 is 5.97 Å². The fraction of sp³-hybridized carbons (Fsp3) is 0.438. The van der Waals surface area contributed by atoms with Crippen molar-refractivity contribution in [2.24, 2.45) is 17.8 Å². The lowest BCUT2D eigenvalue weighted by atomic mass is 9.85. The molecule has 1 unspecified atom stereocenters. The number of carboxylic acid groups (broad SMARTS) is 1. The molecule has 2 aromatic carbocycles. The molecule has 0 radical (unpaired) electrons. The Labute approximate surface area is 245 Å². The number of carboxylic acids is 1. The summed E-state index contributed by atoms with van der Waals surface area (Å²) in [6.07, 6.45) is 2.34. The molecule has 3 atom stereocenters. The van der Waals surface area contributed by atoms with Gasteiger partial charge in [0.1, 0.15) is 12.4 Å². The van der Waals surface area contributed by atoms with E-state index in [1.165, 1.54) is 4.90 Å². The van der Waals surface area contributed by atoms with Gasteiger partial charge in [0.05, 0.1) is 18.2 Å². The van der Waals surface area contributed by atoms with Crippen LogP contribution in [0.3, 0.4) is 0 Å². The number of thiazole rings is 1. The van der Waals surface area contributed by atoms with Gasteiger partial charge in [-0.15, -0.1) is 11.3 Å². The molecular formula is C32H37N3O5S. The number of hydrogen-bond donors (Lipinski definition) is 1. The molecule has 2 bridgehead atoms. The number of ketones is 1. The van der Waals surface area contributed by atoms with Crippen molar-refractivity contribution < 1.29 is 24.2 Å². The summed E-state index contributed by atoms with van der Waals surface area (Å²) in [4.78, 5) is 45.0. The van der Waals surface area contributed by atoms with E-state index in [2.05, 4.69) is 11.0 Å². The number of aliphatic carboxylic acids is 1. The van der Waals surface area contributed by atoms with Gasteiger partial charge in [0.15, 0.2) is 10.9 Å². The number of piperidine rings is 1. The summed E-state index contributed by atoms with van der Waals surface area (Å²) in [7, 11) is 1.65. The van der Waals surface area contributed by atoms with E-state index in [1.807, 2.05) is 43.5 Å². The number of fused-ring (bicyclic) bond motifs is 2. The predicted molar refractivity (Wildman–Crippen MR) is 160 cm³/mol. The summed E-state index contributed by atoms with van der Waals surface area (Å²) >= 11 is 1.59. The van der Waals surface area contributed by atoms with Gasteiger partial charge < -0.3 is 19.6 Å². The molecule has 1 saturated carbocycles. The molecule has 1 N–H and O–H groups in total. The number of carbonyl (C=O) groups excluding carboxylic acids is 2. The first kappa shape index (κ1) is 28.8. The van der Waals surface area contributed by atoms with Crippen molar-refractivity contribution in [1.82, 2.24) is 9.88 Å². The van der Waals surface area contributed by atoms with Crippen LogP contribution in [0.4, 0.5) is 5.13 Å². The molecule has 1 saturated heterocycles. The summed E-state index contributed by atoms with van der Waals surface area (Å²) in [5.74, 6) is 0.0482. The lowest BCUT2D eigenvalue weighted by molar-refractivity contribution is -0.144. The average Bonchev–Trinajstić information content (AvgIpc) is 3.55. The lowest BCUT2D eigenvalue weighted by Gasteiger charge is -2.35. The van der Waals surface area contributed by atoms with Crippen LogP contribution in [0.15, 0.2) is 41.8 Å². The Hall–Kier alpha value is -3.72. The van der Waals surface area contributed by atoms with Crippen LogP contribution in [-0.2, 0) is 16.2 Å². The smallest absolute Gasteiger partial charge is 0.307 e. The Kier molecular flexibility index (Phi) is 8.45. The number of anilines is 1. The molecule has 2 heterocycles. The van der Waals surface area contributed by atoms with Crippen LogP contribution in [0.1, 0.15) is 53.2 Å². The van der Waals surface area contributed by atoms with Crippen LogP contribution in [0.5, 0.6) is 5.75 Å². The van der Waals surface area contributed by atoms with E-state index >= 15 is 0 Å².